The van der Waals surface area contributed by atoms with Crippen molar-refractivity contribution in [2.75, 3.05) is 47.5 Å². The van der Waals surface area contributed by atoms with Crippen molar-refractivity contribution in [3.05, 3.63) is 158 Å². The third-order valence-electron chi connectivity index (χ3n) is 14.5. The molecule has 0 heterocycles. The summed E-state index contributed by atoms with van der Waals surface area (Å²) in [7, 11) is 1.44. The molecule has 0 bridgehead atoms. The highest BCUT2D eigenvalue weighted by Gasteiger charge is 2.27. The summed E-state index contributed by atoms with van der Waals surface area (Å²) in [6.07, 6.45) is 101. The van der Waals surface area contributed by atoms with Crippen LogP contribution in [0.2, 0.25) is 0 Å². The van der Waals surface area contributed by atoms with Crippen LogP contribution in [0.25, 0.3) is 0 Å². The number of hydrogen-bond acceptors (Lipinski definition) is 7. The van der Waals surface area contributed by atoms with Crippen molar-refractivity contribution < 1.29 is 42.1 Å². The standard InChI is InChI=1S/C78H130NO8P/c1-6-8-10-12-14-16-18-20-22-24-26-28-30-32-34-36-37-38-39-40-41-43-45-47-49-51-53-55-57-59-61-63-65-67-69-71-78(81)87-76(75-86-88(82,83)85-73-72-79(3,4)5)74-84-77(80)70-68-66-64-62-60-58-56-54-52-50-48-46-44-42-35-33-31-29-27-25-23-21-19-17-15-13-11-9-7-2/h8,10,14,16,19-22,25-28,31-34,37-38,40-41,45,47,51,53,57,59,76H,6-7,9,11-13,15,17-18,23-24,29-30,35-36,39,42-44,46,48-50,52,54-56,58,60-75H2,1-5H3/p+1/b10-8-,16-14-,21-19-,22-20-,27-25-,28-26-,33-31-,34-32-,38-37-,41-40-,47-45-,53-51-,59-57-. The van der Waals surface area contributed by atoms with Crippen LogP contribution >= 0.6 is 7.82 Å². The zero-order valence-electron chi connectivity index (χ0n) is 56.9. The van der Waals surface area contributed by atoms with Crippen molar-refractivity contribution in [2.45, 2.75) is 277 Å². The van der Waals surface area contributed by atoms with Crippen molar-refractivity contribution in [1.82, 2.24) is 0 Å². The number of phosphoric ester groups is 1. The third kappa shape index (κ3) is 70.7. The summed E-state index contributed by atoms with van der Waals surface area (Å²) >= 11 is 0. The lowest BCUT2D eigenvalue weighted by Crippen LogP contribution is -2.37. The van der Waals surface area contributed by atoms with Gasteiger partial charge in [0.15, 0.2) is 6.10 Å². The molecule has 0 spiro atoms. The van der Waals surface area contributed by atoms with Gasteiger partial charge in [0.25, 0.3) is 0 Å². The van der Waals surface area contributed by atoms with Crippen molar-refractivity contribution in [3.63, 3.8) is 0 Å². The van der Waals surface area contributed by atoms with Crippen molar-refractivity contribution in [3.8, 4) is 0 Å². The van der Waals surface area contributed by atoms with Crippen LogP contribution in [0, 0.1) is 0 Å². The average Bonchev–Trinajstić information content (AvgIpc) is 3.57. The highest BCUT2D eigenvalue weighted by Crippen LogP contribution is 2.43. The summed E-state index contributed by atoms with van der Waals surface area (Å²) in [5.74, 6) is -0.833. The van der Waals surface area contributed by atoms with Gasteiger partial charge in [0, 0.05) is 12.8 Å². The maximum absolute atomic E-state index is 12.9. The maximum atomic E-state index is 12.9. The number of allylic oxidation sites excluding steroid dienone is 26. The Hall–Kier alpha value is -4.37. The first-order chi connectivity index (χ1) is 43.0. The summed E-state index contributed by atoms with van der Waals surface area (Å²) < 4.78 is 34.7. The Labute approximate surface area is 541 Å². The van der Waals surface area contributed by atoms with Gasteiger partial charge in [-0.25, -0.2) is 4.57 Å². The molecular formula is C78H131NO8P+. The quantitative estimate of drug-likeness (QED) is 0.0211. The summed E-state index contributed by atoms with van der Waals surface area (Å²) in [6.45, 7) is 4.27. The van der Waals surface area contributed by atoms with Crippen LogP contribution in [0.1, 0.15) is 271 Å². The second-order valence-corrected chi connectivity index (χ2v) is 25.6. The molecule has 0 aliphatic carbocycles. The summed E-state index contributed by atoms with van der Waals surface area (Å²) in [4.78, 5) is 35.9. The Morgan fingerprint density at radius 3 is 0.966 bits per heavy atom. The molecule has 9 nitrogen and oxygen atoms in total. The molecule has 0 saturated heterocycles. The SMILES string of the molecule is CC/C=C\C/C=C\C/C=C\C/C=C\C/C=C\C/C=C\C/C=C\C/C=C\C/C=C\C/C=C\CCCCCCC(=O)OC(COC(=O)CCCCCCCCCCCCCCCC/C=C\C/C=C\C/C=C\CCCCCCC)COP(=O)(O)OCC[N+](C)(C)C. The number of carbonyl (C=O) groups is 2. The van der Waals surface area contributed by atoms with Crippen LogP contribution in [0.5, 0.6) is 0 Å². The molecule has 10 heteroatoms. The van der Waals surface area contributed by atoms with Crippen LogP contribution in [0.3, 0.4) is 0 Å². The van der Waals surface area contributed by atoms with E-state index < -0.39 is 26.5 Å². The monoisotopic (exact) mass is 1240 g/mol. The summed E-state index contributed by atoms with van der Waals surface area (Å²) in [5, 5.41) is 0. The van der Waals surface area contributed by atoms with Gasteiger partial charge in [-0.2, -0.15) is 0 Å². The molecule has 0 aromatic rings. The summed E-state index contributed by atoms with van der Waals surface area (Å²) in [6, 6.07) is 0. The van der Waals surface area contributed by atoms with E-state index in [1.165, 1.54) is 116 Å². The minimum atomic E-state index is -4.41. The lowest BCUT2D eigenvalue weighted by Gasteiger charge is -2.24. The molecule has 0 aliphatic heterocycles. The molecule has 0 amide bonds. The predicted octanol–water partition coefficient (Wildman–Crippen LogP) is 23.2. The first kappa shape index (κ1) is 83.6. The van der Waals surface area contributed by atoms with E-state index in [0.717, 1.165) is 122 Å². The average molecular weight is 1240 g/mol. The minimum absolute atomic E-state index is 0.0182. The summed E-state index contributed by atoms with van der Waals surface area (Å²) in [5.41, 5.74) is 0. The van der Waals surface area contributed by atoms with E-state index in [0.29, 0.717) is 17.4 Å². The van der Waals surface area contributed by atoms with Crippen molar-refractivity contribution >= 4 is 19.8 Å². The molecule has 0 aromatic heterocycles. The topological polar surface area (TPSA) is 108 Å². The number of likely N-dealkylation sites (N-methyl/N-ethyl adjacent to an activating group) is 1. The number of hydrogen-bond donors (Lipinski definition) is 1. The van der Waals surface area contributed by atoms with E-state index in [1.807, 2.05) is 21.1 Å². The number of phosphoric acid groups is 1. The fourth-order valence-corrected chi connectivity index (χ4v) is 9.91. The van der Waals surface area contributed by atoms with Gasteiger partial charge < -0.3 is 18.9 Å². The molecule has 88 heavy (non-hydrogen) atoms. The molecule has 0 rings (SSSR count). The van der Waals surface area contributed by atoms with Crippen molar-refractivity contribution in [2.24, 2.45) is 0 Å². The van der Waals surface area contributed by atoms with E-state index >= 15 is 0 Å². The second-order valence-electron chi connectivity index (χ2n) is 24.2. The van der Waals surface area contributed by atoms with Crippen LogP contribution in [-0.2, 0) is 32.7 Å². The molecule has 2 unspecified atom stereocenters. The molecule has 0 fully saturated rings. The zero-order valence-corrected chi connectivity index (χ0v) is 57.8. The van der Waals surface area contributed by atoms with E-state index in [4.69, 9.17) is 18.5 Å². The van der Waals surface area contributed by atoms with Crippen LogP contribution in [0.15, 0.2) is 158 Å². The number of rotatable bonds is 63. The maximum Gasteiger partial charge on any atom is 0.472 e. The van der Waals surface area contributed by atoms with Gasteiger partial charge in [-0.15, -0.1) is 0 Å². The van der Waals surface area contributed by atoms with Crippen LogP contribution in [0.4, 0.5) is 0 Å². The number of esters is 2. The van der Waals surface area contributed by atoms with Crippen LogP contribution < -0.4 is 0 Å². The van der Waals surface area contributed by atoms with Gasteiger partial charge in [-0.05, 0) is 128 Å². The smallest absolute Gasteiger partial charge is 0.462 e. The Kier molecular flexibility index (Phi) is 63.7. The van der Waals surface area contributed by atoms with Gasteiger partial charge in [-0.1, -0.05) is 287 Å². The Bertz CT molecular complexity index is 2040. The highest BCUT2D eigenvalue weighted by molar-refractivity contribution is 7.47. The van der Waals surface area contributed by atoms with Gasteiger partial charge in [0.2, 0.25) is 0 Å². The second kappa shape index (κ2) is 67.0. The molecule has 0 aromatic carbocycles. The van der Waals surface area contributed by atoms with E-state index in [1.54, 1.807) is 0 Å². The number of nitrogens with zero attached hydrogens (tertiary/aromatic N) is 1. The Balaban J connectivity index is 4.18. The number of unbranched alkanes of at least 4 members (excludes halogenated alkanes) is 23. The predicted molar refractivity (Wildman–Crippen MR) is 380 cm³/mol. The fourth-order valence-electron chi connectivity index (χ4n) is 9.17. The fraction of sp³-hybridized carbons (Fsp3) is 0.641. The zero-order chi connectivity index (χ0) is 64.1. The molecule has 1 N–H and O–H groups in total. The Morgan fingerprint density at radius 2 is 0.648 bits per heavy atom. The first-order valence-corrected chi connectivity index (χ1v) is 36.7. The van der Waals surface area contributed by atoms with Gasteiger partial charge in [0.05, 0.1) is 27.7 Å². The van der Waals surface area contributed by atoms with Crippen molar-refractivity contribution in [1.29, 1.82) is 0 Å². The highest BCUT2D eigenvalue weighted by atomic mass is 31.2. The molecule has 0 saturated carbocycles. The number of ether oxygens (including phenoxy) is 2. The largest absolute Gasteiger partial charge is 0.472 e. The lowest BCUT2D eigenvalue weighted by molar-refractivity contribution is -0.870. The minimum Gasteiger partial charge on any atom is -0.462 e. The van der Waals surface area contributed by atoms with E-state index in [2.05, 4.69) is 172 Å². The molecule has 2 atom stereocenters. The van der Waals surface area contributed by atoms with Gasteiger partial charge in [-0.3, -0.25) is 18.6 Å². The normalized spacial score (nSPS) is 14.1. The molecule has 0 aliphatic rings. The molecule has 500 valence electrons. The molecule has 0 radical (unpaired) electrons. The first-order valence-electron chi connectivity index (χ1n) is 35.2. The number of quaternary nitrogens is 1. The van der Waals surface area contributed by atoms with Gasteiger partial charge >= 0.3 is 19.8 Å². The molecular weight excluding hydrogens is 1110 g/mol. The lowest BCUT2D eigenvalue weighted by atomic mass is 10.0. The van der Waals surface area contributed by atoms with E-state index in [-0.39, 0.29) is 32.0 Å². The van der Waals surface area contributed by atoms with Gasteiger partial charge in [0.1, 0.15) is 19.8 Å². The third-order valence-corrected chi connectivity index (χ3v) is 15.5. The van der Waals surface area contributed by atoms with Crippen LogP contribution in [-0.4, -0.2) is 74.9 Å². The Morgan fingerprint density at radius 1 is 0.364 bits per heavy atom. The number of carbonyl (C=O) groups excluding carboxylic acids is 2. The van der Waals surface area contributed by atoms with E-state index in [9.17, 15) is 19.0 Å².